The van der Waals surface area contributed by atoms with E-state index in [1.165, 1.54) is 83.5 Å². The van der Waals surface area contributed by atoms with Crippen LogP contribution in [0.25, 0.3) is 0 Å². The van der Waals surface area contributed by atoms with E-state index in [9.17, 15) is 19.4 Å². The maximum Gasteiger partial charge on any atom is 0.472 e. The predicted molar refractivity (Wildman–Crippen MR) is 175 cm³/mol. The van der Waals surface area contributed by atoms with Crippen molar-refractivity contribution >= 4 is 13.7 Å². The zero-order chi connectivity index (χ0) is 31.5. The predicted octanol–water partition coefficient (Wildman–Crippen LogP) is 8.07. The van der Waals surface area contributed by atoms with Crippen LogP contribution in [0.3, 0.4) is 0 Å². The Kier molecular flexibility index (Phi) is 26.1. The SMILES string of the molecule is CCCCCCCC/C=C/C(O)C(COP(=O)(O)OCC[N+](C)(C)C)NC(=O)CCCCCCCCCCCCCC. The summed E-state index contributed by atoms with van der Waals surface area (Å²) < 4.78 is 23.3. The number of hydrogen-bond acceptors (Lipinski definition) is 5. The van der Waals surface area contributed by atoms with Crippen molar-refractivity contribution in [3.8, 4) is 0 Å². The van der Waals surface area contributed by atoms with Crippen molar-refractivity contribution in [2.24, 2.45) is 0 Å². The van der Waals surface area contributed by atoms with Crippen LogP contribution in [0.4, 0.5) is 0 Å². The molecule has 0 saturated carbocycles. The van der Waals surface area contributed by atoms with Crippen molar-refractivity contribution in [2.45, 2.75) is 154 Å². The maximum absolute atomic E-state index is 12.7. The minimum atomic E-state index is -4.31. The van der Waals surface area contributed by atoms with Crippen LogP contribution in [0.1, 0.15) is 142 Å². The number of amides is 1. The van der Waals surface area contributed by atoms with E-state index in [0.717, 1.165) is 38.5 Å². The molecule has 0 bridgehead atoms. The molecule has 250 valence electrons. The highest BCUT2D eigenvalue weighted by Crippen LogP contribution is 2.43. The molecule has 3 unspecified atom stereocenters. The second-order valence-electron chi connectivity index (χ2n) is 12.9. The van der Waals surface area contributed by atoms with Crippen LogP contribution in [0, 0.1) is 0 Å². The first-order chi connectivity index (χ1) is 20.0. The molecular weight excluding hydrogens is 551 g/mol. The van der Waals surface area contributed by atoms with Crippen LogP contribution >= 0.6 is 7.82 Å². The molecule has 3 N–H and O–H groups in total. The van der Waals surface area contributed by atoms with Crippen LogP contribution in [0.5, 0.6) is 0 Å². The summed E-state index contributed by atoms with van der Waals surface area (Å²) in [5.74, 6) is -0.183. The fraction of sp³-hybridized carbons (Fsp3) is 0.909. The van der Waals surface area contributed by atoms with E-state index in [-0.39, 0.29) is 19.1 Å². The fourth-order valence-electron chi connectivity index (χ4n) is 4.69. The lowest BCUT2D eigenvalue weighted by Crippen LogP contribution is -2.45. The Labute approximate surface area is 259 Å². The van der Waals surface area contributed by atoms with E-state index < -0.39 is 20.0 Å². The van der Waals surface area contributed by atoms with Gasteiger partial charge in [-0.2, -0.15) is 0 Å². The molecule has 0 aliphatic heterocycles. The number of rotatable bonds is 30. The van der Waals surface area contributed by atoms with E-state index in [1.807, 2.05) is 27.2 Å². The average molecular weight is 620 g/mol. The van der Waals surface area contributed by atoms with Crippen molar-refractivity contribution in [2.75, 3.05) is 40.9 Å². The summed E-state index contributed by atoms with van der Waals surface area (Å²) in [5, 5.41) is 13.6. The number of phosphoric ester groups is 1. The second kappa shape index (κ2) is 26.6. The molecule has 0 rings (SSSR count). The lowest BCUT2D eigenvalue weighted by molar-refractivity contribution is -0.870. The largest absolute Gasteiger partial charge is 0.472 e. The number of carbonyl (C=O) groups is 1. The molecule has 0 aromatic rings. The van der Waals surface area contributed by atoms with Gasteiger partial charge in [0.05, 0.1) is 39.9 Å². The van der Waals surface area contributed by atoms with Gasteiger partial charge in [-0.1, -0.05) is 129 Å². The number of likely N-dealkylation sites (N-methyl/N-ethyl adjacent to an activating group) is 1. The number of nitrogens with one attached hydrogen (secondary N) is 1. The number of nitrogens with zero attached hydrogens (tertiary/aromatic N) is 1. The smallest absolute Gasteiger partial charge is 0.387 e. The number of unbranched alkanes of at least 4 members (excludes halogenated alkanes) is 17. The van der Waals surface area contributed by atoms with Crippen LogP contribution < -0.4 is 5.32 Å². The minimum absolute atomic E-state index is 0.0635. The van der Waals surface area contributed by atoms with Gasteiger partial charge in [0.1, 0.15) is 13.2 Å². The van der Waals surface area contributed by atoms with Gasteiger partial charge in [-0.05, 0) is 19.3 Å². The van der Waals surface area contributed by atoms with Crippen molar-refractivity contribution in [3.05, 3.63) is 12.2 Å². The minimum Gasteiger partial charge on any atom is -0.387 e. The quantitative estimate of drug-likeness (QED) is 0.0325. The number of carbonyl (C=O) groups excluding carboxylic acids is 1. The Bertz CT molecular complexity index is 713. The Hall–Kier alpha value is -0.760. The molecule has 0 aliphatic carbocycles. The highest BCUT2D eigenvalue weighted by Gasteiger charge is 2.27. The molecule has 9 heteroatoms. The molecule has 8 nitrogen and oxygen atoms in total. The summed E-state index contributed by atoms with van der Waals surface area (Å²) in [5.41, 5.74) is 0. The summed E-state index contributed by atoms with van der Waals surface area (Å²) in [6.07, 6.45) is 25.6. The van der Waals surface area contributed by atoms with E-state index in [0.29, 0.717) is 17.4 Å². The standard InChI is InChI=1S/C33H67N2O6P/c1-6-8-10-12-14-16-17-18-19-21-23-25-27-33(37)34-31(30-41-42(38,39)40-29-28-35(3,4)5)32(36)26-24-22-20-15-13-11-9-7-2/h24,26,31-32,36H,6-23,25,27-30H2,1-5H3,(H-,34,37,38,39)/p+1/b26-24+. The molecule has 0 heterocycles. The van der Waals surface area contributed by atoms with Gasteiger partial charge in [-0.15, -0.1) is 0 Å². The number of aliphatic hydroxyl groups excluding tert-OH is 1. The second-order valence-corrected chi connectivity index (χ2v) is 14.4. The van der Waals surface area contributed by atoms with E-state index in [1.54, 1.807) is 6.08 Å². The lowest BCUT2D eigenvalue weighted by atomic mass is 10.0. The first kappa shape index (κ1) is 41.2. The van der Waals surface area contributed by atoms with Crippen molar-refractivity contribution < 1.29 is 32.9 Å². The molecule has 0 saturated heterocycles. The fourth-order valence-corrected chi connectivity index (χ4v) is 5.42. The van der Waals surface area contributed by atoms with Gasteiger partial charge in [0.2, 0.25) is 5.91 Å². The normalized spacial score (nSPS) is 15.1. The molecule has 0 fully saturated rings. The van der Waals surface area contributed by atoms with E-state index in [4.69, 9.17) is 9.05 Å². The van der Waals surface area contributed by atoms with Gasteiger partial charge >= 0.3 is 7.82 Å². The average Bonchev–Trinajstić information content (AvgIpc) is 2.92. The Morgan fingerprint density at radius 1 is 0.786 bits per heavy atom. The maximum atomic E-state index is 12.7. The van der Waals surface area contributed by atoms with Crippen LogP contribution in [0.2, 0.25) is 0 Å². The van der Waals surface area contributed by atoms with Gasteiger partial charge in [-0.3, -0.25) is 13.8 Å². The number of aliphatic hydroxyl groups is 1. The molecule has 0 radical (unpaired) electrons. The summed E-state index contributed by atoms with van der Waals surface area (Å²) in [4.78, 5) is 22.8. The monoisotopic (exact) mass is 619 g/mol. The third-order valence-electron chi connectivity index (χ3n) is 7.51. The molecule has 0 aliphatic rings. The molecule has 0 aromatic carbocycles. The van der Waals surface area contributed by atoms with E-state index >= 15 is 0 Å². The third kappa shape index (κ3) is 28.0. The highest BCUT2D eigenvalue weighted by atomic mass is 31.2. The Morgan fingerprint density at radius 2 is 1.26 bits per heavy atom. The van der Waals surface area contributed by atoms with Gasteiger partial charge in [0.15, 0.2) is 0 Å². The first-order valence-electron chi connectivity index (χ1n) is 17.1. The van der Waals surface area contributed by atoms with Gasteiger partial charge in [0, 0.05) is 6.42 Å². The summed E-state index contributed by atoms with van der Waals surface area (Å²) in [7, 11) is 1.57. The molecule has 0 aromatic heterocycles. The number of phosphoric acid groups is 1. The van der Waals surface area contributed by atoms with E-state index in [2.05, 4.69) is 19.2 Å². The molecule has 42 heavy (non-hydrogen) atoms. The van der Waals surface area contributed by atoms with Crippen LogP contribution in [-0.2, 0) is 18.4 Å². The zero-order valence-corrected chi connectivity index (χ0v) is 28.9. The summed E-state index contributed by atoms with van der Waals surface area (Å²) in [6.45, 7) is 4.74. The number of hydrogen-bond donors (Lipinski definition) is 3. The molecule has 3 atom stereocenters. The summed E-state index contributed by atoms with van der Waals surface area (Å²) in [6, 6.07) is -0.835. The van der Waals surface area contributed by atoms with Gasteiger partial charge in [0.25, 0.3) is 0 Å². The van der Waals surface area contributed by atoms with Crippen molar-refractivity contribution in [1.82, 2.24) is 5.32 Å². The topological polar surface area (TPSA) is 105 Å². The number of quaternary nitrogens is 1. The Balaban J connectivity index is 4.56. The highest BCUT2D eigenvalue weighted by molar-refractivity contribution is 7.47. The zero-order valence-electron chi connectivity index (χ0n) is 28.0. The van der Waals surface area contributed by atoms with Crippen LogP contribution in [-0.4, -0.2) is 73.4 Å². The van der Waals surface area contributed by atoms with Crippen molar-refractivity contribution in [3.63, 3.8) is 0 Å². The number of allylic oxidation sites excluding steroid dienone is 1. The van der Waals surface area contributed by atoms with Crippen LogP contribution in [0.15, 0.2) is 12.2 Å². The molecule has 0 spiro atoms. The van der Waals surface area contributed by atoms with Gasteiger partial charge < -0.3 is 19.8 Å². The first-order valence-corrected chi connectivity index (χ1v) is 18.6. The molecular formula is C33H68N2O6P+. The Morgan fingerprint density at radius 3 is 1.76 bits per heavy atom. The third-order valence-corrected chi connectivity index (χ3v) is 8.49. The lowest BCUT2D eigenvalue weighted by Gasteiger charge is -2.25. The molecule has 1 amide bonds. The van der Waals surface area contributed by atoms with Crippen molar-refractivity contribution in [1.29, 1.82) is 0 Å². The summed E-state index contributed by atoms with van der Waals surface area (Å²) >= 11 is 0. The van der Waals surface area contributed by atoms with Gasteiger partial charge in [-0.25, -0.2) is 4.57 Å².